The van der Waals surface area contributed by atoms with Crippen molar-refractivity contribution >= 4 is 0 Å². The van der Waals surface area contributed by atoms with Crippen molar-refractivity contribution in [2.75, 3.05) is 6.54 Å². The molecule has 1 aromatic carbocycles. The maximum absolute atomic E-state index is 12.9. The van der Waals surface area contributed by atoms with Crippen LogP contribution in [0.3, 0.4) is 0 Å². The van der Waals surface area contributed by atoms with Gasteiger partial charge in [0, 0.05) is 6.42 Å². The van der Waals surface area contributed by atoms with Gasteiger partial charge in [0.05, 0.1) is 6.04 Å². The minimum atomic E-state index is -0.227. The molecule has 2 aliphatic rings. The highest BCUT2D eigenvalue weighted by atomic mass is 19.1. The molecule has 1 saturated carbocycles. The van der Waals surface area contributed by atoms with E-state index in [1.807, 2.05) is 0 Å². The van der Waals surface area contributed by atoms with Crippen LogP contribution in [0, 0.1) is 17.7 Å². The monoisotopic (exact) mass is 287 g/mol. The number of hydrogen-bond acceptors (Lipinski definition) is 4. The molecule has 21 heavy (non-hydrogen) atoms. The van der Waals surface area contributed by atoms with Crippen molar-refractivity contribution in [1.29, 1.82) is 0 Å². The lowest BCUT2D eigenvalue weighted by Gasteiger charge is -2.13. The highest BCUT2D eigenvalue weighted by Gasteiger charge is 2.42. The summed E-state index contributed by atoms with van der Waals surface area (Å²) in [5, 5.41) is 7.59. The van der Waals surface area contributed by atoms with Crippen molar-refractivity contribution in [3.05, 3.63) is 47.4 Å². The normalized spacial score (nSPS) is 28.0. The molecule has 1 N–H and O–H groups in total. The first kappa shape index (κ1) is 13.0. The molecule has 1 aliphatic heterocycles. The molecule has 5 heteroatoms. The van der Waals surface area contributed by atoms with Crippen molar-refractivity contribution in [2.45, 2.75) is 31.7 Å². The molecule has 1 aromatic heterocycles. The first-order valence-electron chi connectivity index (χ1n) is 7.60. The summed E-state index contributed by atoms with van der Waals surface area (Å²) in [5.74, 6) is 2.56. The fourth-order valence-electron chi connectivity index (χ4n) is 3.71. The van der Waals surface area contributed by atoms with Crippen LogP contribution in [0.25, 0.3) is 0 Å². The molecule has 1 saturated heterocycles. The van der Waals surface area contributed by atoms with Crippen molar-refractivity contribution in [1.82, 2.24) is 15.5 Å². The average Bonchev–Trinajstić information content (AvgIpc) is 3.17. The highest BCUT2D eigenvalue weighted by Crippen LogP contribution is 2.43. The van der Waals surface area contributed by atoms with Gasteiger partial charge in [0.1, 0.15) is 5.82 Å². The van der Waals surface area contributed by atoms with E-state index in [2.05, 4.69) is 15.5 Å². The van der Waals surface area contributed by atoms with Crippen LogP contribution in [-0.4, -0.2) is 16.7 Å². The summed E-state index contributed by atoms with van der Waals surface area (Å²) < 4.78 is 18.4. The Morgan fingerprint density at radius 1 is 1.24 bits per heavy atom. The largest absolute Gasteiger partial charge is 0.338 e. The van der Waals surface area contributed by atoms with E-state index < -0.39 is 0 Å². The van der Waals surface area contributed by atoms with E-state index in [0.29, 0.717) is 24.1 Å². The minimum Gasteiger partial charge on any atom is -0.338 e. The molecular formula is C16H18FN3O. The van der Waals surface area contributed by atoms with E-state index in [4.69, 9.17) is 4.52 Å². The van der Waals surface area contributed by atoms with Crippen LogP contribution >= 0.6 is 0 Å². The van der Waals surface area contributed by atoms with Crippen molar-refractivity contribution in [3.63, 3.8) is 0 Å². The van der Waals surface area contributed by atoms with Gasteiger partial charge in [0.15, 0.2) is 5.82 Å². The van der Waals surface area contributed by atoms with Crippen LogP contribution in [0.4, 0.5) is 4.39 Å². The predicted octanol–water partition coefficient (Wildman–Crippen LogP) is 2.86. The third-order valence-corrected chi connectivity index (χ3v) is 4.77. The maximum Gasteiger partial charge on any atom is 0.244 e. The van der Waals surface area contributed by atoms with E-state index in [9.17, 15) is 4.39 Å². The minimum absolute atomic E-state index is 0.215. The average molecular weight is 287 g/mol. The van der Waals surface area contributed by atoms with Gasteiger partial charge < -0.3 is 9.84 Å². The molecule has 1 aliphatic carbocycles. The summed E-state index contributed by atoms with van der Waals surface area (Å²) in [6.07, 6.45) is 4.44. The summed E-state index contributed by atoms with van der Waals surface area (Å²) in [4.78, 5) is 4.54. The van der Waals surface area contributed by atoms with Crippen LogP contribution in [0.15, 0.2) is 28.8 Å². The number of hydrogen-bond donors (Lipinski definition) is 1. The standard InChI is InChI=1S/C16H18FN3O/c17-12-6-4-10(5-7-12)8-14-19-16(21-20-14)15-13-3-1-2-11(13)9-18-15/h4-7,11,13,15,18H,1-3,8-9H2. The Balaban J connectivity index is 1.49. The van der Waals surface area contributed by atoms with Gasteiger partial charge in [0.25, 0.3) is 0 Å². The molecule has 3 unspecified atom stereocenters. The summed E-state index contributed by atoms with van der Waals surface area (Å²) in [6, 6.07) is 6.64. The molecule has 4 nitrogen and oxygen atoms in total. The number of nitrogens with one attached hydrogen (secondary N) is 1. The molecule has 0 radical (unpaired) electrons. The summed E-state index contributed by atoms with van der Waals surface area (Å²) in [5.41, 5.74) is 0.988. The Labute approximate surface area is 122 Å². The second kappa shape index (κ2) is 5.22. The number of aromatic nitrogens is 2. The Morgan fingerprint density at radius 3 is 2.95 bits per heavy atom. The number of halogens is 1. The highest BCUT2D eigenvalue weighted by molar-refractivity contribution is 5.19. The number of benzene rings is 1. The predicted molar refractivity (Wildman–Crippen MR) is 75.1 cm³/mol. The van der Waals surface area contributed by atoms with Crippen molar-refractivity contribution < 1.29 is 8.91 Å². The van der Waals surface area contributed by atoms with E-state index in [0.717, 1.165) is 18.0 Å². The summed E-state index contributed by atoms with van der Waals surface area (Å²) >= 11 is 0. The topological polar surface area (TPSA) is 51.0 Å². The van der Waals surface area contributed by atoms with Gasteiger partial charge in [-0.2, -0.15) is 4.98 Å². The smallest absolute Gasteiger partial charge is 0.244 e. The molecule has 110 valence electrons. The van der Waals surface area contributed by atoms with E-state index >= 15 is 0 Å². The number of rotatable bonds is 3. The third-order valence-electron chi connectivity index (χ3n) is 4.77. The second-order valence-electron chi connectivity index (χ2n) is 6.09. The Bertz CT molecular complexity index is 625. The van der Waals surface area contributed by atoms with Gasteiger partial charge in [-0.1, -0.05) is 23.7 Å². The van der Waals surface area contributed by atoms with Gasteiger partial charge in [-0.3, -0.25) is 0 Å². The lowest BCUT2D eigenvalue weighted by atomic mass is 9.94. The molecule has 2 heterocycles. The second-order valence-corrected chi connectivity index (χ2v) is 6.09. The number of fused-ring (bicyclic) bond motifs is 1. The fourth-order valence-corrected chi connectivity index (χ4v) is 3.71. The van der Waals surface area contributed by atoms with Crippen molar-refractivity contribution in [3.8, 4) is 0 Å². The molecule has 0 bridgehead atoms. The molecule has 0 spiro atoms. The van der Waals surface area contributed by atoms with Gasteiger partial charge in [-0.15, -0.1) is 0 Å². The SMILES string of the molecule is Fc1ccc(Cc2noc(C3NCC4CCCC43)n2)cc1. The van der Waals surface area contributed by atoms with Crippen LogP contribution in [0.2, 0.25) is 0 Å². The first-order valence-corrected chi connectivity index (χ1v) is 7.60. The molecule has 2 aromatic rings. The molecule has 0 amide bonds. The third kappa shape index (κ3) is 2.46. The maximum atomic E-state index is 12.9. The first-order chi connectivity index (χ1) is 10.3. The van der Waals surface area contributed by atoms with Crippen LogP contribution in [0.5, 0.6) is 0 Å². The van der Waals surface area contributed by atoms with Gasteiger partial charge in [-0.05, 0) is 48.9 Å². The molecule has 4 rings (SSSR count). The lowest BCUT2D eigenvalue weighted by molar-refractivity contribution is 0.301. The van der Waals surface area contributed by atoms with Crippen LogP contribution < -0.4 is 5.32 Å². The zero-order valence-electron chi connectivity index (χ0n) is 11.8. The van der Waals surface area contributed by atoms with E-state index in [-0.39, 0.29) is 11.9 Å². The van der Waals surface area contributed by atoms with E-state index in [1.165, 1.54) is 31.4 Å². The van der Waals surface area contributed by atoms with Gasteiger partial charge in [0.2, 0.25) is 5.89 Å². The van der Waals surface area contributed by atoms with Crippen LogP contribution in [-0.2, 0) is 6.42 Å². The zero-order chi connectivity index (χ0) is 14.2. The lowest BCUT2D eigenvalue weighted by Crippen LogP contribution is -2.18. The molecular weight excluding hydrogens is 269 g/mol. The Hall–Kier alpha value is -1.75. The van der Waals surface area contributed by atoms with Crippen LogP contribution in [0.1, 0.15) is 42.6 Å². The quantitative estimate of drug-likeness (QED) is 0.943. The molecule has 3 atom stereocenters. The Morgan fingerprint density at radius 2 is 2.10 bits per heavy atom. The zero-order valence-corrected chi connectivity index (χ0v) is 11.8. The summed E-state index contributed by atoms with van der Waals surface area (Å²) in [6.45, 7) is 1.06. The van der Waals surface area contributed by atoms with Crippen molar-refractivity contribution in [2.24, 2.45) is 11.8 Å². The number of nitrogens with zero attached hydrogens (tertiary/aromatic N) is 2. The van der Waals surface area contributed by atoms with E-state index in [1.54, 1.807) is 12.1 Å². The molecule has 2 fully saturated rings. The Kier molecular flexibility index (Phi) is 3.22. The van der Waals surface area contributed by atoms with Gasteiger partial charge in [-0.25, -0.2) is 4.39 Å². The summed E-state index contributed by atoms with van der Waals surface area (Å²) in [7, 11) is 0. The van der Waals surface area contributed by atoms with Gasteiger partial charge >= 0.3 is 0 Å². The fraction of sp³-hybridized carbons (Fsp3) is 0.500.